The Hall–Kier alpha value is -1.94. The highest BCUT2D eigenvalue weighted by Crippen LogP contribution is 2.45. The molecular formula is C74H144O17P2. The minimum absolute atomic E-state index is 0.107. The van der Waals surface area contributed by atoms with Crippen LogP contribution in [0.1, 0.15) is 388 Å². The van der Waals surface area contributed by atoms with Crippen LogP contribution >= 0.6 is 15.6 Å². The Kier molecular flexibility index (Phi) is 65.9. The molecule has 552 valence electrons. The highest BCUT2D eigenvalue weighted by atomic mass is 31.2. The molecule has 0 bridgehead atoms. The summed E-state index contributed by atoms with van der Waals surface area (Å²) in [4.78, 5) is 72.7. The van der Waals surface area contributed by atoms with Gasteiger partial charge in [-0.05, 0) is 31.6 Å². The highest BCUT2D eigenvalue weighted by Gasteiger charge is 2.30. The number of carbonyl (C=O) groups excluding carboxylic acids is 4. The van der Waals surface area contributed by atoms with Gasteiger partial charge in [-0.25, -0.2) is 9.13 Å². The average molecular weight is 1370 g/mol. The van der Waals surface area contributed by atoms with Crippen LogP contribution in [-0.2, 0) is 65.4 Å². The first-order chi connectivity index (χ1) is 45.1. The van der Waals surface area contributed by atoms with Crippen LogP contribution in [0.3, 0.4) is 0 Å². The Labute approximate surface area is 568 Å². The lowest BCUT2D eigenvalue weighted by molar-refractivity contribution is -0.161. The van der Waals surface area contributed by atoms with Crippen LogP contribution in [0.5, 0.6) is 0 Å². The molecule has 0 saturated heterocycles. The minimum Gasteiger partial charge on any atom is -0.462 e. The van der Waals surface area contributed by atoms with E-state index in [0.717, 1.165) is 102 Å². The van der Waals surface area contributed by atoms with Crippen molar-refractivity contribution in [2.24, 2.45) is 5.92 Å². The van der Waals surface area contributed by atoms with Crippen LogP contribution in [0, 0.1) is 5.92 Å². The van der Waals surface area contributed by atoms with Crippen molar-refractivity contribution in [3.8, 4) is 0 Å². The number of unbranched alkanes of at least 4 members (excludes halogenated alkanes) is 45. The van der Waals surface area contributed by atoms with Crippen molar-refractivity contribution in [2.45, 2.75) is 406 Å². The van der Waals surface area contributed by atoms with Crippen LogP contribution in [0.2, 0.25) is 0 Å². The number of carbonyl (C=O) groups is 4. The summed E-state index contributed by atoms with van der Waals surface area (Å²) in [6.45, 7) is 7.24. The zero-order valence-electron chi connectivity index (χ0n) is 60.4. The van der Waals surface area contributed by atoms with E-state index in [-0.39, 0.29) is 25.7 Å². The van der Waals surface area contributed by atoms with Gasteiger partial charge in [0.25, 0.3) is 0 Å². The number of aliphatic hydroxyl groups excluding tert-OH is 1. The van der Waals surface area contributed by atoms with E-state index in [1.807, 2.05) is 0 Å². The second kappa shape index (κ2) is 67.3. The summed E-state index contributed by atoms with van der Waals surface area (Å²) in [5.74, 6) is -1.38. The molecule has 19 heteroatoms. The molecule has 17 nitrogen and oxygen atoms in total. The Morgan fingerprint density at radius 3 is 0.763 bits per heavy atom. The van der Waals surface area contributed by atoms with Crippen molar-refractivity contribution in [3.05, 3.63) is 0 Å². The number of phosphoric acid groups is 2. The zero-order chi connectivity index (χ0) is 68.4. The van der Waals surface area contributed by atoms with Gasteiger partial charge in [0.2, 0.25) is 0 Å². The lowest BCUT2D eigenvalue weighted by atomic mass is 10.00. The smallest absolute Gasteiger partial charge is 0.462 e. The number of phosphoric ester groups is 2. The predicted octanol–water partition coefficient (Wildman–Crippen LogP) is 21.7. The van der Waals surface area contributed by atoms with Gasteiger partial charge in [-0.15, -0.1) is 0 Å². The van der Waals surface area contributed by atoms with Crippen LogP contribution < -0.4 is 0 Å². The molecule has 0 aliphatic carbocycles. The Bertz CT molecular complexity index is 1790. The maximum atomic E-state index is 13.1. The molecule has 0 amide bonds. The first-order valence-corrected chi connectivity index (χ1v) is 41.7. The molecule has 3 N–H and O–H groups in total. The van der Waals surface area contributed by atoms with Gasteiger partial charge in [0, 0.05) is 25.7 Å². The summed E-state index contributed by atoms with van der Waals surface area (Å²) in [6, 6.07) is 0. The zero-order valence-corrected chi connectivity index (χ0v) is 62.2. The minimum atomic E-state index is -4.95. The van der Waals surface area contributed by atoms with Gasteiger partial charge >= 0.3 is 39.5 Å². The fraction of sp³-hybridized carbons (Fsp3) is 0.946. The maximum absolute atomic E-state index is 13.1. The number of ether oxygens (including phenoxy) is 4. The van der Waals surface area contributed by atoms with Crippen molar-refractivity contribution in [1.29, 1.82) is 0 Å². The molecule has 0 aromatic carbocycles. The largest absolute Gasteiger partial charge is 0.472 e. The molecule has 0 radical (unpaired) electrons. The van der Waals surface area contributed by atoms with E-state index in [0.29, 0.717) is 25.7 Å². The Morgan fingerprint density at radius 2 is 0.516 bits per heavy atom. The molecule has 0 heterocycles. The van der Waals surface area contributed by atoms with Gasteiger partial charge in [0.1, 0.15) is 19.3 Å². The number of hydrogen-bond donors (Lipinski definition) is 3. The number of hydrogen-bond acceptors (Lipinski definition) is 15. The monoisotopic (exact) mass is 1370 g/mol. The van der Waals surface area contributed by atoms with Gasteiger partial charge in [0.15, 0.2) is 12.2 Å². The molecule has 0 aliphatic heterocycles. The lowest BCUT2D eigenvalue weighted by Crippen LogP contribution is -2.30. The predicted molar refractivity (Wildman–Crippen MR) is 377 cm³/mol. The number of rotatable bonds is 74. The molecule has 0 aromatic heterocycles. The Morgan fingerprint density at radius 1 is 0.301 bits per heavy atom. The van der Waals surface area contributed by atoms with E-state index < -0.39 is 97.5 Å². The second-order valence-corrected chi connectivity index (χ2v) is 29.8. The van der Waals surface area contributed by atoms with Crippen molar-refractivity contribution in [2.75, 3.05) is 39.6 Å². The fourth-order valence-electron chi connectivity index (χ4n) is 11.3. The molecule has 0 rings (SSSR count). The summed E-state index contributed by atoms with van der Waals surface area (Å²) < 4.78 is 68.5. The molecule has 0 aromatic rings. The van der Waals surface area contributed by atoms with Gasteiger partial charge in [-0.3, -0.25) is 37.3 Å². The van der Waals surface area contributed by atoms with Crippen LogP contribution in [0.4, 0.5) is 0 Å². The molecular weight excluding hydrogens is 1220 g/mol. The van der Waals surface area contributed by atoms with E-state index in [4.69, 9.17) is 37.0 Å². The molecule has 3 unspecified atom stereocenters. The molecule has 93 heavy (non-hydrogen) atoms. The second-order valence-electron chi connectivity index (χ2n) is 26.9. The maximum Gasteiger partial charge on any atom is 0.472 e. The first-order valence-electron chi connectivity index (χ1n) is 38.7. The van der Waals surface area contributed by atoms with E-state index in [1.54, 1.807) is 0 Å². The third-order valence-electron chi connectivity index (χ3n) is 17.6. The summed E-state index contributed by atoms with van der Waals surface area (Å²) in [6.07, 6.45) is 55.4. The van der Waals surface area contributed by atoms with Gasteiger partial charge in [0.05, 0.1) is 26.4 Å². The summed E-state index contributed by atoms with van der Waals surface area (Å²) in [5, 5.41) is 10.6. The van der Waals surface area contributed by atoms with Gasteiger partial charge in [-0.1, -0.05) is 336 Å². The number of esters is 4. The third-order valence-corrected chi connectivity index (χ3v) is 19.5. The molecule has 6 atom stereocenters. The Balaban J connectivity index is 5.24. The van der Waals surface area contributed by atoms with E-state index in [9.17, 15) is 43.2 Å². The van der Waals surface area contributed by atoms with Crippen LogP contribution in [0.25, 0.3) is 0 Å². The summed E-state index contributed by atoms with van der Waals surface area (Å²) >= 11 is 0. The van der Waals surface area contributed by atoms with Crippen molar-refractivity contribution >= 4 is 39.5 Å². The fourth-order valence-corrected chi connectivity index (χ4v) is 12.9. The quantitative estimate of drug-likeness (QED) is 0.0222. The van der Waals surface area contributed by atoms with Crippen molar-refractivity contribution in [1.82, 2.24) is 0 Å². The molecule has 0 aliphatic rings. The molecule has 0 saturated carbocycles. The normalized spacial score (nSPS) is 14.3. The number of aliphatic hydroxyl groups is 1. The van der Waals surface area contributed by atoms with Crippen LogP contribution in [0.15, 0.2) is 0 Å². The van der Waals surface area contributed by atoms with Crippen molar-refractivity contribution in [3.63, 3.8) is 0 Å². The molecule has 0 spiro atoms. The summed E-state index contributed by atoms with van der Waals surface area (Å²) in [7, 11) is -9.91. The van der Waals surface area contributed by atoms with Gasteiger partial charge in [-0.2, -0.15) is 0 Å². The highest BCUT2D eigenvalue weighted by molar-refractivity contribution is 7.47. The van der Waals surface area contributed by atoms with E-state index in [2.05, 4.69) is 34.6 Å². The van der Waals surface area contributed by atoms with E-state index >= 15 is 0 Å². The molecule has 0 fully saturated rings. The lowest BCUT2D eigenvalue weighted by Gasteiger charge is -2.21. The standard InChI is InChI=1S/C74H144O17P2/c1-6-10-13-16-19-22-25-28-30-31-32-34-37-40-43-50-55-60-74(79)90-69(63-84-71(76)57-52-47-41-38-36-33-29-26-23-20-17-14-11-7-2)65-88-92(80,81)86-61-68(75)62-87-93(82,83)89-66-70(64-85-72(77)58-53-48-45-44-46-51-56-67(5)9-4)91-73(78)59-54-49-42-39-35-27-24-21-18-15-12-8-3/h67-70,75H,6-66H2,1-5H3,(H,80,81)(H,82,83)/t67?,68-,69-,70-/m1/s1. The topological polar surface area (TPSA) is 237 Å². The summed E-state index contributed by atoms with van der Waals surface area (Å²) in [5.41, 5.74) is 0. The first kappa shape index (κ1) is 91.1. The average Bonchev–Trinajstić information content (AvgIpc) is 2.99. The van der Waals surface area contributed by atoms with Gasteiger partial charge < -0.3 is 33.8 Å². The SMILES string of the molecule is CCCCCCCCCCCCCCCCCCCC(=O)O[C@H](COC(=O)CCCCCCCCCCCCCCCC)COP(=O)(O)OC[C@@H](O)COP(=O)(O)OC[C@@H](COC(=O)CCCCCCCCC(C)CC)OC(=O)CCCCCCCCCCCCCC. The van der Waals surface area contributed by atoms with Crippen LogP contribution in [-0.4, -0.2) is 96.7 Å². The van der Waals surface area contributed by atoms with Crippen molar-refractivity contribution < 1.29 is 80.2 Å². The van der Waals surface area contributed by atoms with E-state index in [1.165, 1.54) is 205 Å². The third kappa shape index (κ3) is 67.0.